The summed E-state index contributed by atoms with van der Waals surface area (Å²) in [6.07, 6.45) is 1.51. The van der Waals surface area contributed by atoms with Gasteiger partial charge in [0.1, 0.15) is 17.6 Å². The van der Waals surface area contributed by atoms with E-state index in [-0.39, 0.29) is 57.4 Å². The van der Waals surface area contributed by atoms with Gasteiger partial charge in [0.15, 0.2) is 6.26 Å². The monoisotopic (exact) mass is 586 g/mol. The second-order valence-electron chi connectivity index (χ2n) is 9.96. The minimum absolute atomic E-state index is 0.0451. The first-order valence-electron chi connectivity index (χ1n) is 13.1. The van der Waals surface area contributed by atoms with Crippen LogP contribution in [0.5, 0.6) is 11.8 Å². The van der Waals surface area contributed by atoms with E-state index in [0.29, 0.717) is 17.7 Å². The van der Waals surface area contributed by atoms with E-state index in [9.17, 15) is 24.6 Å². The lowest BCUT2D eigenvalue weighted by atomic mass is 9.95. The summed E-state index contributed by atoms with van der Waals surface area (Å²) in [5, 5.41) is 32.7. The molecule has 2 amide bonds. The fourth-order valence-electron chi connectivity index (χ4n) is 4.34. The maximum absolute atomic E-state index is 13.4. The maximum Gasteiger partial charge on any atom is 0.336 e. The number of aromatic hydroxyl groups is 1. The van der Waals surface area contributed by atoms with Crippen molar-refractivity contribution in [2.24, 2.45) is 11.7 Å². The minimum atomic E-state index is -1.33. The van der Waals surface area contributed by atoms with E-state index >= 15 is 0 Å². The Morgan fingerprint density at radius 3 is 2.26 bits per heavy atom. The summed E-state index contributed by atoms with van der Waals surface area (Å²) >= 11 is 0. The quantitative estimate of drug-likeness (QED) is 0.109. The van der Waals surface area contributed by atoms with Crippen LogP contribution in [0.1, 0.15) is 69.0 Å². The van der Waals surface area contributed by atoms with Gasteiger partial charge in [-0.1, -0.05) is 19.9 Å². The third kappa shape index (κ3) is 7.14. The fourth-order valence-corrected chi connectivity index (χ4v) is 4.34. The Hall–Kier alpha value is -5.72. The molecule has 0 saturated carbocycles. The Bertz CT molecular complexity index is 1680. The number of hydrogen-bond acceptors (Lipinski definition) is 9. The number of benzene rings is 2. The molecule has 1 atom stereocenters. The van der Waals surface area contributed by atoms with Gasteiger partial charge in [0.25, 0.3) is 17.7 Å². The normalized spacial score (nSPS) is 11.5. The zero-order valence-corrected chi connectivity index (χ0v) is 23.5. The van der Waals surface area contributed by atoms with E-state index in [1.165, 1.54) is 37.4 Å². The summed E-state index contributed by atoms with van der Waals surface area (Å²) in [6, 6.07) is 12.7. The largest absolute Gasteiger partial charge is 0.491 e. The Morgan fingerprint density at radius 2 is 1.67 bits per heavy atom. The van der Waals surface area contributed by atoms with Crippen molar-refractivity contribution in [3.63, 3.8) is 0 Å². The molecule has 0 aliphatic rings. The molecule has 43 heavy (non-hydrogen) atoms. The number of carboxylic acid groups (broad SMARTS) is 1. The number of nitrogens with two attached hydrogens (primary N) is 1. The van der Waals surface area contributed by atoms with Crippen LogP contribution in [0.3, 0.4) is 0 Å². The van der Waals surface area contributed by atoms with Crippen LogP contribution in [-0.4, -0.2) is 50.9 Å². The number of aromatic carboxylic acids is 1. The third-order valence-corrected chi connectivity index (χ3v) is 6.37. The molecule has 0 radical (unpaired) electrons. The number of amides is 2. The molecule has 1 unspecified atom stereocenters. The van der Waals surface area contributed by atoms with Gasteiger partial charge in [0.2, 0.25) is 11.8 Å². The number of aromatic nitrogens is 2. The summed E-state index contributed by atoms with van der Waals surface area (Å²) in [7, 11) is 1.38. The maximum atomic E-state index is 13.4. The number of methoxy groups -OCH3 is 1. The van der Waals surface area contributed by atoms with E-state index in [1.54, 1.807) is 24.3 Å². The second kappa shape index (κ2) is 12.9. The van der Waals surface area contributed by atoms with Crippen LogP contribution >= 0.6 is 0 Å². The van der Waals surface area contributed by atoms with E-state index < -0.39 is 23.8 Å². The van der Waals surface area contributed by atoms with Crippen LogP contribution in [0.25, 0.3) is 11.1 Å². The van der Waals surface area contributed by atoms with Gasteiger partial charge in [-0.2, -0.15) is 4.98 Å². The van der Waals surface area contributed by atoms with Crippen molar-refractivity contribution in [3.05, 3.63) is 89.1 Å². The van der Waals surface area contributed by atoms with Crippen molar-refractivity contribution in [2.75, 3.05) is 12.4 Å². The highest BCUT2D eigenvalue weighted by Crippen LogP contribution is 2.31. The molecule has 2 heterocycles. The van der Waals surface area contributed by atoms with Crippen molar-refractivity contribution in [1.82, 2.24) is 15.3 Å². The van der Waals surface area contributed by atoms with Crippen LogP contribution < -0.4 is 21.1 Å². The first-order valence-corrected chi connectivity index (χ1v) is 13.1. The first-order chi connectivity index (χ1) is 20.5. The van der Waals surface area contributed by atoms with Gasteiger partial charge in [-0.15, -0.1) is 0 Å². The van der Waals surface area contributed by atoms with E-state index in [1.807, 2.05) is 13.8 Å². The smallest absolute Gasteiger partial charge is 0.336 e. The highest BCUT2D eigenvalue weighted by Gasteiger charge is 2.25. The molecule has 0 spiro atoms. The molecule has 0 aliphatic carbocycles. The summed E-state index contributed by atoms with van der Waals surface area (Å²) in [6.45, 7) is 3.88. The zero-order chi connectivity index (χ0) is 31.3. The number of pyridine rings is 1. The number of ether oxygens (including phenoxy) is 1. The number of rotatable bonds is 11. The lowest BCUT2D eigenvalue weighted by molar-refractivity contribution is 0.0697. The Labute approximate surface area is 246 Å². The number of nitrogens with zero attached hydrogens (tertiary/aromatic N) is 2. The highest BCUT2D eigenvalue weighted by atomic mass is 16.5. The van der Waals surface area contributed by atoms with Crippen molar-refractivity contribution >= 4 is 29.3 Å². The molecule has 2 aromatic carbocycles. The molecule has 7 N–H and O–H groups in total. The van der Waals surface area contributed by atoms with Gasteiger partial charge in [-0.25, -0.2) is 9.78 Å². The molecule has 4 rings (SSSR count). The van der Waals surface area contributed by atoms with Crippen LogP contribution in [0, 0.1) is 11.3 Å². The van der Waals surface area contributed by atoms with Gasteiger partial charge < -0.3 is 35.7 Å². The number of nitrogen functional groups attached to an aromatic ring is 1. The standard InChI is InChI=1S/C30H30N6O7/c1-15(2)12-22(29-35-23(37)14-43-29)34-27(38)17-6-9-19(21(13-17)30(40)41)20-10-11-24(42-3)36-25(20)28(39)33-18-7-4-16(5-8-18)26(31)32/h4-11,13-15,22,37H,12H2,1-3H3,(H3,31,32)(H,33,39)(H,34,38)(H,40,41). The second-order valence-corrected chi connectivity index (χ2v) is 9.96. The summed E-state index contributed by atoms with van der Waals surface area (Å²) < 4.78 is 10.5. The highest BCUT2D eigenvalue weighted by molar-refractivity contribution is 6.10. The van der Waals surface area contributed by atoms with Crippen LogP contribution in [0.15, 0.2) is 65.3 Å². The number of anilines is 1. The zero-order valence-electron chi connectivity index (χ0n) is 23.5. The summed E-state index contributed by atoms with van der Waals surface area (Å²) in [5.74, 6) is -2.63. The third-order valence-electron chi connectivity index (χ3n) is 6.37. The van der Waals surface area contributed by atoms with E-state index in [2.05, 4.69) is 20.6 Å². The predicted octanol–water partition coefficient (Wildman–Crippen LogP) is 4.20. The van der Waals surface area contributed by atoms with Gasteiger partial charge in [-0.05, 0) is 60.4 Å². The van der Waals surface area contributed by atoms with Crippen molar-refractivity contribution in [3.8, 4) is 22.9 Å². The SMILES string of the molecule is COc1ccc(-c2ccc(C(=O)NC(CC(C)C)c3nc(O)co3)cc2C(=O)O)c(C(=O)Nc2ccc(C(=N)N)cc2)n1. The average molecular weight is 587 g/mol. The minimum Gasteiger partial charge on any atom is -0.491 e. The molecule has 2 aromatic heterocycles. The van der Waals surface area contributed by atoms with Gasteiger partial charge in [-0.3, -0.25) is 15.0 Å². The molecule has 0 bridgehead atoms. The van der Waals surface area contributed by atoms with Gasteiger partial charge >= 0.3 is 5.97 Å². The number of carbonyl (C=O) groups excluding carboxylic acids is 2. The van der Waals surface area contributed by atoms with Crippen LogP contribution in [0.4, 0.5) is 5.69 Å². The Morgan fingerprint density at radius 1 is 1.00 bits per heavy atom. The number of nitrogens with one attached hydrogen (secondary N) is 3. The number of carbonyl (C=O) groups is 3. The first kappa shape index (κ1) is 30.2. The molecular formula is C30H30N6O7. The van der Waals surface area contributed by atoms with Crippen molar-refractivity contribution in [2.45, 2.75) is 26.3 Å². The number of carboxylic acids is 1. The summed E-state index contributed by atoms with van der Waals surface area (Å²) in [4.78, 5) is 47.1. The lowest BCUT2D eigenvalue weighted by Crippen LogP contribution is -2.30. The Balaban J connectivity index is 1.68. The Kier molecular flexibility index (Phi) is 9.04. The number of hydrogen-bond donors (Lipinski definition) is 6. The summed E-state index contributed by atoms with van der Waals surface area (Å²) in [5.41, 5.74) is 6.39. The lowest BCUT2D eigenvalue weighted by Gasteiger charge is -2.18. The molecule has 13 nitrogen and oxygen atoms in total. The van der Waals surface area contributed by atoms with E-state index in [4.69, 9.17) is 20.3 Å². The molecule has 4 aromatic rings. The van der Waals surface area contributed by atoms with Gasteiger partial charge in [0, 0.05) is 28.4 Å². The number of amidine groups is 1. The fraction of sp³-hybridized carbons (Fsp3) is 0.200. The van der Waals surface area contributed by atoms with Crippen LogP contribution in [0.2, 0.25) is 0 Å². The van der Waals surface area contributed by atoms with Crippen LogP contribution in [-0.2, 0) is 0 Å². The van der Waals surface area contributed by atoms with E-state index in [0.717, 1.165) is 6.26 Å². The number of oxazole rings is 1. The van der Waals surface area contributed by atoms with Crippen molar-refractivity contribution in [1.29, 1.82) is 5.41 Å². The molecule has 0 aliphatic heterocycles. The molecular weight excluding hydrogens is 556 g/mol. The molecule has 13 heteroatoms. The average Bonchev–Trinajstić information content (AvgIpc) is 3.42. The molecule has 0 saturated heterocycles. The predicted molar refractivity (Wildman–Crippen MR) is 156 cm³/mol. The molecule has 0 fully saturated rings. The topological polar surface area (TPSA) is 214 Å². The molecule has 222 valence electrons. The van der Waals surface area contributed by atoms with Gasteiger partial charge in [0.05, 0.1) is 12.7 Å². The van der Waals surface area contributed by atoms with Crippen molar-refractivity contribution < 1.29 is 33.8 Å².